The summed E-state index contributed by atoms with van der Waals surface area (Å²) in [6.45, 7) is 2.02. The average Bonchev–Trinajstić information content (AvgIpc) is 2.88. The summed E-state index contributed by atoms with van der Waals surface area (Å²) in [5.41, 5.74) is 0.686. The van der Waals surface area contributed by atoms with Crippen LogP contribution in [0.4, 0.5) is 0 Å². The van der Waals surface area contributed by atoms with Gasteiger partial charge in [-0.2, -0.15) is 0 Å². The van der Waals surface area contributed by atoms with Crippen LogP contribution in [0.15, 0.2) is 0 Å². The summed E-state index contributed by atoms with van der Waals surface area (Å²) in [4.78, 5) is 0. The van der Waals surface area contributed by atoms with Crippen LogP contribution in [0.3, 0.4) is 0 Å². The maximum Gasteiger partial charge on any atom is 0.0494 e. The van der Waals surface area contributed by atoms with Crippen LogP contribution in [-0.4, -0.2) is 18.5 Å². The van der Waals surface area contributed by atoms with Gasteiger partial charge in [-0.25, -0.2) is 0 Å². The fourth-order valence-electron chi connectivity index (χ4n) is 2.15. The van der Waals surface area contributed by atoms with Crippen LogP contribution in [0, 0.1) is 11.3 Å². The molecule has 2 aliphatic rings. The molecule has 0 spiro atoms. The van der Waals surface area contributed by atoms with Crippen molar-refractivity contribution in [2.24, 2.45) is 11.3 Å². The Hall–Kier alpha value is 0.440. The Labute approximate surface area is 83.0 Å². The first kappa shape index (κ1) is 9.01. The molecule has 1 aliphatic heterocycles. The van der Waals surface area contributed by atoms with Crippen molar-refractivity contribution < 1.29 is 4.74 Å². The molecule has 0 aromatic heterocycles. The zero-order chi connectivity index (χ0) is 8.44. The molecule has 0 N–H and O–H groups in total. The van der Waals surface area contributed by atoms with E-state index < -0.39 is 0 Å². The van der Waals surface area contributed by atoms with Crippen molar-refractivity contribution in [3.63, 3.8) is 0 Å². The van der Waals surface area contributed by atoms with Gasteiger partial charge in [0.1, 0.15) is 0 Å². The lowest BCUT2D eigenvalue weighted by atomic mass is 9.89. The summed E-state index contributed by atoms with van der Waals surface area (Å²) >= 11 is 3.62. The van der Waals surface area contributed by atoms with E-state index in [-0.39, 0.29) is 0 Å². The number of halogens is 1. The molecule has 0 aromatic carbocycles. The van der Waals surface area contributed by atoms with Crippen LogP contribution < -0.4 is 0 Å². The summed E-state index contributed by atoms with van der Waals surface area (Å²) in [5, 5.41) is 1.20. The zero-order valence-corrected chi connectivity index (χ0v) is 9.11. The van der Waals surface area contributed by atoms with E-state index in [0.29, 0.717) is 5.41 Å². The topological polar surface area (TPSA) is 9.23 Å². The lowest BCUT2D eigenvalue weighted by molar-refractivity contribution is 0.0447. The Bertz CT molecular complexity index is 148. The van der Waals surface area contributed by atoms with Gasteiger partial charge < -0.3 is 4.74 Å². The van der Waals surface area contributed by atoms with E-state index in [1.165, 1.54) is 37.4 Å². The molecule has 1 heterocycles. The summed E-state index contributed by atoms with van der Waals surface area (Å²) in [6.07, 6.45) is 6.96. The highest BCUT2D eigenvalue weighted by Gasteiger charge is 2.43. The molecule has 70 valence electrons. The standard InChI is InChI=1S/C10H17BrO/c11-8-10(3-4-10)6-9-2-1-5-12-7-9/h9H,1-8H2. The molecule has 1 nitrogen and oxygen atoms in total. The predicted octanol–water partition coefficient (Wildman–Crippen LogP) is 2.98. The molecular formula is C10H17BrO. The molecule has 0 amide bonds. The van der Waals surface area contributed by atoms with Crippen LogP contribution in [0.5, 0.6) is 0 Å². The van der Waals surface area contributed by atoms with Crippen LogP contribution in [0.1, 0.15) is 32.1 Å². The van der Waals surface area contributed by atoms with Gasteiger partial charge in [-0.15, -0.1) is 0 Å². The van der Waals surface area contributed by atoms with Gasteiger partial charge in [0.25, 0.3) is 0 Å². The summed E-state index contributed by atoms with van der Waals surface area (Å²) < 4.78 is 5.48. The first-order valence-corrected chi connectivity index (χ1v) is 6.11. The molecule has 1 unspecified atom stereocenters. The molecule has 1 saturated heterocycles. The molecule has 12 heavy (non-hydrogen) atoms. The van der Waals surface area contributed by atoms with Crippen molar-refractivity contribution in [2.75, 3.05) is 18.5 Å². The van der Waals surface area contributed by atoms with Gasteiger partial charge >= 0.3 is 0 Å². The Balaban J connectivity index is 1.77. The number of alkyl halides is 1. The Morgan fingerprint density at radius 2 is 2.25 bits per heavy atom. The third kappa shape index (κ3) is 2.02. The van der Waals surface area contributed by atoms with Gasteiger partial charge in [0, 0.05) is 18.5 Å². The second kappa shape index (κ2) is 3.67. The molecule has 1 saturated carbocycles. The van der Waals surface area contributed by atoms with Crippen molar-refractivity contribution in [1.29, 1.82) is 0 Å². The van der Waals surface area contributed by atoms with E-state index in [1.807, 2.05) is 0 Å². The smallest absolute Gasteiger partial charge is 0.0494 e. The first-order chi connectivity index (χ1) is 5.85. The highest BCUT2D eigenvalue weighted by molar-refractivity contribution is 9.09. The minimum absolute atomic E-state index is 0.686. The summed E-state index contributed by atoms with van der Waals surface area (Å²) in [6, 6.07) is 0. The molecular weight excluding hydrogens is 216 g/mol. The van der Waals surface area contributed by atoms with Gasteiger partial charge in [0.15, 0.2) is 0 Å². The molecule has 1 aliphatic carbocycles. The van der Waals surface area contributed by atoms with Gasteiger partial charge in [-0.1, -0.05) is 15.9 Å². The van der Waals surface area contributed by atoms with Gasteiger partial charge in [0.2, 0.25) is 0 Å². The lowest BCUT2D eigenvalue weighted by Gasteiger charge is -2.25. The summed E-state index contributed by atoms with van der Waals surface area (Å²) in [7, 11) is 0. The maximum absolute atomic E-state index is 5.48. The van der Waals surface area contributed by atoms with Crippen molar-refractivity contribution >= 4 is 15.9 Å². The van der Waals surface area contributed by atoms with Crippen LogP contribution in [-0.2, 0) is 4.74 Å². The normalized spacial score (nSPS) is 33.2. The molecule has 0 bridgehead atoms. The van der Waals surface area contributed by atoms with Crippen molar-refractivity contribution in [1.82, 2.24) is 0 Å². The van der Waals surface area contributed by atoms with Gasteiger partial charge in [-0.3, -0.25) is 0 Å². The van der Waals surface area contributed by atoms with E-state index >= 15 is 0 Å². The fraction of sp³-hybridized carbons (Fsp3) is 1.00. The summed E-state index contributed by atoms with van der Waals surface area (Å²) in [5.74, 6) is 0.860. The minimum Gasteiger partial charge on any atom is -0.381 e. The van der Waals surface area contributed by atoms with Crippen LogP contribution in [0.2, 0.25) is 0 Å². The minimum atomic E-state index is 0.686. The van der Waals surface area contributed by atoms with E-state index in [0.717, 1.165) is 19.1 Å². The Morgan fingerprint density at radius 3 is 2.75 bits per heavy atom. The SMILES string of the molecule is BrCC1(CC2CCCOC2)CC1. The van der Waals surface area contributed by atoms with Crippen LogP contribution >= 0.6 is 15.9 Å². The quantitative estimate of drug-likeness (QED) is 0.681. The van der Waals surface area contributed by atoms with E-state index in [9.17, 15) is 0 Å². The average molecular weight is 233 g/mol. The highest BCUT2D eigenvalue weighted by Crippen LogP contribution is 2.52. The van der Waals surface area contributed by atoms with E-state index in [4.69, 9.17) is 4.74 Å². The molecule has 2 heteroatoms. The third-order valence-electron chi connectivity index (χ3n) is 3.22. The van der Waals surface area contributed by atoms with Gasteiger partial charge in [-0.05, 0) is 43.4 Å². The number of hydrogen-bond donors (Lipinski definition) is 0. The molecule has 0 radical (unpaired) electrons. The highest BCUT2D eigenvalue weighted by atomic mass is 79.9. The fourth-order valence-corrected chi connectivity index (χ4v) is 2.94. The Kier molecular flexibility index (Phi) is 2.75. The maximum atomic E-state index is 5.48. The molecule has 2 rings (SSSR count). The van der Waals surface area contributed by atoms with Crippen LogP contribution in [0.25, 0.3) is 0 Å². The third-order valence-corrected chi connectivity index (χ3v) is 4.41. The first-order valence-electron chi connectivity index (χ1n) is 4.98. The molecule has 1 atom stereocenters. The van der Waals surface area contributed by atoms with E-state index in [2.05, 4.69) is 15.9 Å². The second-order valence-corrected chi connectivity index (χ2v) is 4.98. The monoisotopic (exact) mass is 232 g/mol. The Morgan fingerprint density at radius 1 is 1.42 bits per heavy atom. The lowest BCUT2D eigenvalue weighted by Crippen LogP contribution is -2.21. The molecule has 2 fully saturated rings. The largest absolute Gasteiger partial charge is 0.381 e. The van der Waals surface area contributed by atoms with Crippen molar-refractivity contribution in [3.8, 4) is 0 Å². The van der Waals surface area contributed by atoms with Crippen molar-refractivity contribution in [2.45, 2.75) is 32.1 Å². The number of hydrogen-bond acceptors (Lipinski definition) is 1. The number of rotatable bonds is 3. The van der Waals surface area contributed by atoms with Crippen molar-refractivity contribution in [3.05, 3.63) is 0 Å². The zero-order valence-electron chi connectivity index (χ0n) is 7.52. The van der Waals surface area contributed by atoms with E-state index in [1.54, 1.807) is 0 Å². The molecule has 0 aromatic rings. The predicted molar refractivity (Wildman–Crippen MR) is 53.6 cm³/mol. The number of ether oxygens (including phenoxy) is 1. The van der Waals surface area contributed by atoms with Gasteiger partial charge in [0.05, 0.1) is 0 Å². The second-order valence-electron chi connectivity index (χ2n) is 4.42.